The van der Waals surface area contributed by atoms with E-state index >= 15 is 0 Å². The second-order valence-corrected chi connectivity index (χ2v) is 7.69. The summed E-state index contributed by atoms with van der Waals surface area (Å²) in [4.78, 5) is 27.4. The van der Waals surface area contributed by atoms with E-state index in [4.69, 9.17) is 18.7 Å². The number of rotatable bonds is 6. The van der Waals surface area contributed by atoms with Crippen molar-refractivity contribution in [3.05, 3.63) is 59.0 Å². The summed E-state index contributed by atoms with van der Waals surface area (Å²) in [6, 6.07) is 10.1. The number of aromatic nitrogens is 1. The van der Waals surface area contributed by atoms with Gasteiger partial charge < -0.3 is 29.0 Å². The number of nitrogens with one attached hydrogen (secondary N) is 1. The van der Waals surface area contributed by atoms with Gasteiger partial charge in [0, 0.05) is 16.8 Å². The monoisotopic (exact) mass is 451 g/mol. The third kappa shape index (κ3) is 4.21. The van der Waals surface area contributed by atoms with Crippen LogP contribution in [-0.4, -0.2) is 37.3 Å². The fourth-order valence-electron chi connectivity index (χ4n) is 3.71. The molecule has 0 spiro atoms. The molecule has 9 heteroatoms. The lowest BCUT2D eigenvalue weighted by atomic mass is 10.1. The average molecular weight is 451 g/mol. The molecule has 0 radical (unpaired) electrons. The van der Waals surface area contributed by atoms with E-state index in [1.807, 2.05) is 13.8 Å². The minimum absolute atomic E-state index is 0.189. The topological polar surface area (TPSA) is 103 Å². The van der Waals surface area contributed by atoms with Crippen molar-refractivity contribution in [3.8, 4) is 17.2 Å². The summed E-state index contributed by atoms with van der Waals surface area (Å²) in [5.41, 5.74) is 3.03. The van der Waals surface area contributed by atoms with Crippen LogP contribution in [0.5, 0.6) is 17.2 Å². The molecule has 1 aliphatic rings. The minimum atomic E-state index is -0.634. The van der Waals surface area contributed by atoms with Crippen molar-refractivity contribution in [1.82, 2.24) is 5.16 Å². The Morgan fingerprint density at radius 1 is 1.12 bits per heavy atom. The second-order valence-electron chi connectivity index (χ2n) is 7.69. The Labute approximate surface area is 191 Å². The minimum Gasteiger partial charge on any atom is -0.493 e. The molecule has 0 saturated carbocycles. The Bertz CT molecular complexity index is 1200. The summed E-state index contributed by atoms with van der Waals surface area (Å²) in [7, 11) is 3.04. The van der Waals surface area contributed by atoms with Crippen LogP contribution in [0.2, 0.25) is 0 Å². The Balaban J connectivity index is 1.63. The van der Waals surface area contributed by atoms with Crippen molar-refractivity contribution in [1.29, 1.82) is 0 Å². The maximum atomic E-state index is 13.0. The molecular weight excluding hydrogens is 426 g/mol. The molecule has 2 amide bonds. The van der Waals surface area contributed by atoms with Crippen LogP contribution in [0, 0.1) is 13.8 Å². The molecule has 1 N–H and O–H groups in total. The second kappa shape index (κ2) is 8.85. The summed E-state index contributed by atoms with van der Waals surface area (Å²) >= 11 is 0. The van der Waals surface area contributed by atoms with Crippen molar-refractivity contribution < 1.29 is 28.3 Å². The van der Waals surface area contributed by atoms with Gasteiger partial charge in [-0.1, -0.05) is 5.16 Å². The number of benzene rings is 2. The third-order valence-corrected chi connectivity index (χ3v) is 5.57. The number of hydrogen-bond acceptors (Lipinski definition) is 7. The Hall–Kier alpha value is -4.01. The molecule has 172 valence electrons. The maximum absolute atomic E-state index is 13.0. The van der Waals surface area contributed by atoms with Gasteiger partial charge >= 0.3 is 0 Å². The molecule has 2 aromatic carbocycles. The molecule has 2 heterocycles. The molecule has 0 saturated heterocycles. The van der Waals surface area contributed by atoms with Crippen LogP contribution < -0.4 is 24.4 Å². The van der Waals surface area contributed by atoms with E-state index in [2.05, 4.69) is 10.5 Å². The van der Waals surface area contributed by atoms with Crippen LogP contribution in [0.3, 0.4) is 0 Å². The Morgan fingerprint density at radius 3 is 2.55 bits per heavy atom. The normalized spacial score (nSPS) is 15.0. The molecule has 3 aromatic rings. The van der Waals surface area contributed by atoms with E-state index in [1.165, 1.54) is 14.2 Å². The van der Waals surface area contributed by atoms with Crippen LogP contribution in [-0.2, 0) is 11.3 Å². The Kier molecular flexibility index (Phi) is 5.95. The largest absolute Gasteiger partial charge is 0.493 e. The first-order valence-electron chi connectivity index (χ1n) is 10.4. The standard InChI is InChI=1S/C24H25N3O6/c1-13-18(14(2)33-26-13)12-27-19-11-17(7-9-20(19)32-15(3)24(27)29)25-23(28)16-6-8-21(30-4)22(10-16)31-5/h6-11,15H,12H2,1-5H3,(H,25,28). The zero-order chi connectivity index (χ0) is 23.7. The molecule has 0 bridgehead atoms. The van der Waals surface area contributed by atoms with Crippen LogP contribution in [0.4, 0.5) is 11.4 Å². The lowest BCUT2D eigenvalue weighted by Gasteiger charge is -2.33. The van der Waals surface area contributed by atoms with E-state index in [-0.39, 0.29) is 18.4 Å². The van der Waals surface area contributed by atoms with Crippen molar-refractivity contribution in [2.24, 2.45) is 0 Å². The van der Waals surface area contributed by atoms with E-state index in [0.29, 0.717) is 39.9 Å². The maximum Gasteiger partial charge on any atom is 0.268 e. The number of methoxy groups -OCH3 is 2. The van der Waals surface area contributed by atoms with Gasteiger partial charge in [0.15, 0.2) is 17.6 Å². The van der Waals surface area contributed by atoms with Gasteiger partial charge in [-0.2, -0.15) is 0 Å². The highest BCUT2D eigenvalue weighted by molar-refractivity contribution is 6.06. The first-order valence-corrected chi connectivity index (χ1v) is 10.4. The van der Waals surface area contributed by atoms with Gasteiger partial charge in [-0.15, -0.1) is 0 Å². The zero-order valence-corrected chi connectivity index (χ0v) is 19.1. The number of nitrogens with zero attached hydrogens (tertiary/aromatic N) is 2. The highest BCUT2D eigenvalue weighted by Crippen LogP contribution is 2.38. The molecule has 1 aliphatic heterocycles. The van der Waals surface area contributed by atoms with E-state index in [9.17, 15) is 9.59 Å². The number of fused-ring (bicyclic) bond motifs is 1. The highest BCUT2D eigenvalue weighted by atomic mass is 16.5. The summed E-state index contributed by atoms with van der Waals surface area (Å²) in [5, 5.41) is 6.84. The number of hydrogen-bond donors (Lipinski definition) is 1. The smallest absolute Gasteiger partial charge is 0.268 e. The molecule has 1 aromatic heterocycles. The average Bonchev–Trinajstić information content (AvgIpc) is 3.13. The molecular formula is C24H25N3O6. The number of anilines is 2. The lowest BCUT2D eigenvalue weighted by Crippen LogP contribution is -2.44. The molecule has 1 unspecified atom stereocenters. The van der Waals surface area contributed by atoms with Gasteiger partial charge in [-0.3, -0.25) is 9.59 Å². The first kappa shape index (κ1) is 22.2. The number of aryl methyl sites for hydroxylation is 2. The predicted octanol–water partition coefficient (Wildman–Crippen LogP) is 3.88. The quantitative estimate of drug-likeness (QED) is 0.607. The van der Waals surface area contributed by atoms with E-state index < -0.39 is 6.10 Å². The SMILES string of the molecule is COc1ccc(C(=O)Nc2ccc3c(c2)N(Cc2c(C)noc2C)C(=O)C(C)O3)cc1OC. The highest BCUT2D eigenvalue weighted by Gasteiger charge is 2.33. The number of amides is 2. The number of ether oxygens (including phenoxy) is 3. The molecule has 0 aliphatic carbocycles. The Morgan fingerprint density at radius 2 is 1.88 bits per heavy atom. The third-order valence-electron chi connectivity index (χ3n) is 5.57. The molecule has 1 atom stereocenters. The first-order chi connectivity index (χ1) is 15.8. The summed E-state index contributed by atoms with van der Waals surface area (Å²) in [6.07, 6.45) is -0.634. The zero-order valence-electron chi connectivity index (χ0n) is 19.1. The van der Waals surface area contributed by atoms with Gasteiger partial charge in [0.05, 0.1) is 32.1 Å². The summed E-state index contributed by atoms with van der Waals surface area (Å²) in [5.74, 6) is 1.67. The molecule has 33 heavy (non-hydrogen) atoms. The fraction of sp³-hybridized carbons (Fsp3) is 0.292. The van der Waals surface area contributed by atoms with Gasteiger partial charge in [-0.05, 0) is 57.2 Å². The van der Waals surface area contributed by atoms with Gasteiger partial charge in [0.25, 0.3) is 11.8 Å². The number of carbonyl (C=O) groups excluding carboxylic acids is 2. The van der Waals surface area contributed by atoms with Crippen molar-refractivity contribution in [3.63, 3.8) is 0 Å². The van der Waals surface area contributed by atoms with Crippen LogP contribution in [0.25, 0.3) is 0 Å². The number of carbonyl (C=O) groups is 2. The fourth-order valence-corrected chi connectivity index (χ4v) is 3.71. The van der Waals surface area contributed by atoms with Gasteiger partial charge in [0.2, 0.25) is 0 Å². The van der Waals surface area contributed by atoms with Crippen molar-refractivity contribution >= 4 is 23.2 Å². The van der Waals surface area contributed by atoms with Crippen molar-refractivity contribution in [2.75, 3.05) is 24.4 Å². The molecule has 9 nitrogen and oxygen atoms in total. The van der Waals surface area contributed by atoms with Crippen LogP contribution in [0.15, 0.2) is 40.9 Å². The molecule has 4 rings (SSSR count). The van der Waals surface area contributed by atoms with Crippen LogP contribution >= 0.6 is 0 Å². The predicted molar refractivity (Wildman–Crippen MR) is 121 cm³/mol. The van der Waals surface area contributed by atoms with E-state index in [1.54, 1.807) is 48.2 Å². The van der Waals surface area contributed by atoms with Crippen molar-refractivity contribution in [2.45, 2.75) is 33.4 Å². The van der Waals surface area contributed by atoms with Gasteiger partial charge in [-0.25, -0.2) is 0 Å². The molecule has 0 fully saturated rings. The summed E-state index contributed by atoms with van der Waals surface area (Å²) < 4.78 is 21.5. The summed E-state index contributed by atoms with van der Waals surface area (Å²) in [6.45, 7) is 5.64. The van der Waals surface area contributed by atoms with Gasteiger partial charge in [0.1, 0.15) is 11.5 Å². The lowest BCUT2D eigenvalue weighted by molar-refractivity contribution is -0.125. The van der Waals surface area contributed by atoms with Crippen LogP contribution in [0.1, 0.15) is 34.3 Å². The van der Waals surface area contributed by atoms with E-state index in [0.717, 1.165) is 11.3 Å².